The number of para-hydroxylation sites is 1. The van der Waals surface area contributed by atoms with Crippen LogP contribution in [0.2, 0.25) is 0 Å². The minimum Gasteiger partial charge on any atom is -0.391 e. The Balaban J connectivity index is 2.12. The van der Waals surface area contributed by atoms with Crippen LogP contribution in [0.5, 0.6) is 0 Å². The molecule has 0 unspecified atom stereocenters. The van der Waals surface area contributed by atoms with Crippen molar-refractivity contribution >= 4 is 17.4 Å². The van der Waals surface area contributed by atoms with Crippen LogP contribution in [0.3, 0.4) is 0 Å². The number of Topliss-reactive ketones (excluding diaryl/α,β-unsaturated/α-hetero) is 1. The standard InChI is InChI=1S/C13H12FNO3/c14-8-4-1-3-7-11(8)15(13(18)12(7)17)9-5-2-6-10(9)16/h1,3-4,9-10,16H,2,5-6H2/t9-,10-/m0/s1. The van der Waals surface area contributed by atoms with Gasteiger partial charge in [-0.25, -0.2) is 4.39 Å². The van der Waals surface area contributed by atoms with E-state index in [-0.39, 0.29) is 11.3 Å². The number of halogens is 1. The Morgan fingerprint density at radius 1 is 1.28 bits per heavy atom. The van der Waals surface area contributed by atoms with E-state index in [1.54, 1.807) is 0 Å². The summed E-state index contributed by atoms with van der Waals surface area (Å²) in [6.07, 6.45) is 1.25. The van der Waals surface area contributed by atoms with Crippen LogP contribution in [0.15, 0.2) is 18.2 Å². The molecule has 1 heterocycles. The van der Waals surface area contributed by atoms with E-state index in [0.717, 1.165) is 11.3 Å². The first-order chi connectivity index (χ1) is 8.61. The molecule has 0 radical (unpaired) electrons. The number of ketones is 1. The largest absolute Gasteiger partial charge is 0.391 e. The summed E-state index contributed by atoms with van der Waals surface area (Å²) in [6.45, 7) is 0. The van der Waals surface area contributed by atoms with Crippen LogP contribution in [0.4, 0.5) is 10.1 Å². The van der Waals surface area contributed by atoms with Gasteiger partial charge in [-0.1, -0.05) is 6.07 Å². The molecule has 0 bridgehead atoms. The molecule has 1 aromatic rings. The molecule has 1 aromatic carbocycles. The number of carbonyl (C=O) groups excluding carboxylic acids is 2. The number of aliphatic hydroxyl groups excluding tert-OH is 1. The summed E-state index contributed by atoms with van der Waals surface area (Å²) in [5, 5.41) is 9.84. The van der Waals surface area contributed by atoms with Crippen LogP contribution >= 0.6 is 0 Å². The van der Waals surface area contributed by atoms with Gasteiger partial charge in [-0.15, -0.1) is 0 Å². The average Bonchev–Trinajstić information content (AvgIpc) is 2.86. The highest BCUT2D eigenvalue weighted by Crippen LogP contribution is 2.37. The van der Waals surface area contributed by atoms with Gasteiger partial charge in [0.1, 0.15) is 5.82 Å². The summed E-state index contributed by atoms with van der Waals surface area (Å²) >= 11 is 0. The highest BCUT2D eigenvalue weighted by atomic mass is 19.1. The first-order valence-corrected chi connectivity index (χ1v) is 5.95. The zero-order chi connectivity index (χ0) is 12.9. The predicted octanol–water partition coefficient (Wildman–Crippen LogP) is 1.27. The minimum atomic E-state index is -0.735. The maximum atomic E-state index is 13.8. The van der Waals surface area contributed by atoms with Gasteiger partial charge in [-0.05, 0) is 31.4 Å². The number of hydrogen-bond donors (Lipinski definition) is 1. The fourth-order valence-electron chi connectivity index (χ4n) is 2.81. The van der Waals surface area contributed by atoms with Crippen LogP contribution in [-0.2, 0) is 4.79 Å². The van der Waals surface area contributed by atoms with E-state index in [9.17, 15) is 19.1 Å². The first kappa shape index (κ1) is 11.3. The molecule has 94 valence electrons. The first-order valence-electron chi connectivity index (χ1n) is 5.95. The highest BCUT2D eigenvalue weighted by molar-refractivity contribution is 6.52. The van der Waals surface area contributed by atoms with Crippen molar-refractivity contribution in [2.45, 2.75) is 31.4 Å². The molecule has 1 N–H and O–H groups in total. The number of amides is 1. The fraction of sp³-hybridized carbons (Fsp3) is 0.385. The molecule has 0 aromatic heterocycles. The normalized spacial score (nSPS) is 26.9. The van der Waals surface area contributed by atoms with Gasteiger partial charge < -0.3 is 5.11 Å². The highest BCUT2D eigenvalue weighted by Gasteiger charge is 2.45. The van der Waals surface area contributed by atoms with Crippen LogP contribution in [0, 0.1) is 5.82 Å². The van der Waals surface area contributed by atoms with Crippen LogP contribution in [0.25, 0.3) is 0 Å². The van der Waals surface area contributed by atoms with Crippen LogP contribution < -0.4 is 4.90 Å². The van der Waals surface area contributed by atoms with E-state index < -0.39 is 29.7 Å². The molecule has 1 amide bonds. The third-order valence-corrected chi connectivity index (χ3v) is 3.66. The molecule has 2 atom stereocenters. The van der Waals surface area contributed by atoms with E-state index >= 15 is 0 Å². The molecule has 1 saturated carbocycles. The van der Waals surface area contributed by atoms with E-state index in [1.807, 2.05) is 0 Å². The number of hydrogen-bond acceptors (Lipinski definition) is 3. The van der Waals surface area contributed by atoms with Crippen molar-refractivity contribution < 1.29 is 19.1 Å². The fourth-order valence-corrected chi connectivity index (χ4v) is 2.81. The molecule has 3 rings (SSSR count). The van der Waals surface area contributed by atoms with Gasteiger partial charge in [0.05, 0.1) is 23.4 Å². The molecule has 0 spiro atoms. The van der Waals surface area contributed by atoms with Crippen LogP contribution in [-0.4, -0.2) is 28.9 Å². The molecule has 4 nitrogen and oxygen atoms in total. The number of anilines is 1. The van der Waals surface area contributed by atoms with Gasteiger partial charge >= 0.3 is 0 Å². The van der Waals surface area contributed by atoms with Crippen molar-refractivity contribution in [2.24, 2.45) is 0 Å². The summed E-state index contributed by atoms with van der Waals surface area (Å²) in [5.41, 5.74) is 0.123. The Kier molecular flexibility index (Phi) is 2.45. The van der Waals surface area contributed by atoms with Crippen molar-refractivity contribution in [3.63, 3.8) is 0 Å². The van der Waals surface area contributed by atoms with Gasteiger partial charge in [0.25, 0.3) is 11.7 Å². The number of benzene rings is 1. The van der Waals surface area contributed by atoms with Gasteiger partial charge in [-0.2, -0.15) is 0 Å². The van der Waals surface area contributed by atoms with E-state index in [0.29, 0.717) is 12.8 Å². The molecule has 5 heteroatoms. The maximum absolute atomic E-state index is 13.8. The van der Waals surface area contributed by atoms with Crippen molar-refractivity contribution in [1.82, 2.24) is 0 Å². The number of nitrogens with zero attached hydrogens (tertiary/aromatic N) is 1. The molecule has 0 saturated heterocycles. The molecule has 1 aliphatic carbocycles. The van der Waals surface area contributed by atoms with Gasteiger partial charge in [-0.3, -0.25) is 14.5 Å². The molecule has 2 aliphatic rings. The summed E-state index contributed by atoms with van der Waals surface area (Å²) in [5.74, 6) is -2.02. The predicted molar refractivity (Wildman–Crippen MR) is 61.9 cm³/mol. The second kappa shape index (κ2) is 3.88. The number of aliphatic hydroxyl groups is 1. The Bertz CT molecular complexity index is 543. The molecule has 1 fully saturated rings. The lowest BCUT2D eigenvalue weighted by Gasteiger charge is -2.26. The molecule has 18 heavy (non-hydrogen) atoms. The summed E-state index contributed by atoms with van der Waals surface area (Å²) in [7, 11) is 0. The molecular formula is C13H12FNO3. The van der Waals surface area contributed by atoms with Crippen LogP contribution in [0.1, 0.15) is 29.6 Å². The molecular weight excluding hydrogens is 237 g/mol. The lowest BCUT2D eigenvalue weighted by molar-refractivity contribution is -0.115. The SMILES string of the molecule is O=C1C(=O)N([C@H]2CCC[C@@H]2O)c2c(F)cccc21. The summed E-state index contributed by atoms with van der Waals surface area (Å²) in [6, 6.07) is 3.59. The zero-order valence-electron chi connectivity index (χ0n) is 9.60. The Labute approximate surface area is 103 Å². The second-order valence-corrected chi connectivity index (χ2v) is 4.71. The summed E-state index contributed by atoms with van der Waals surface area (Å²) in [4.78, 5) is 24.9. The van der Waals surface area contributed by atoms with E-state index in [2.05, 4.69) is 0 Å². The van der Waals surface area contributed by atoms with Crippen molar-refractivity contribution in [3.05, 3.63) is 29.6 Å². The lowest BCUT2D eigenvalue weighted by Crippen LogP contribution is -2.44. The number of rotatable bonds is 1. The van der Waals surface area contributed by atoms with Gasteiger partial charge in [0, 0.05) is 0 Å². The van der Waals surface area contributed by atoms with E-state index in [4.69, 9.17) is 0 Å². The summed E-state index contributed by atoms with van der Waals surface area (Å²) < 4.78 is 13.8. The molecule has 1 aliphatic heterocycles. The van der Waals surface area contributed by atoms with Gasteiger partial charge in [0.2, 0.25) is 0 Å². The lowest BCUT2D eigenvalue weighted by atomic mass is 10.1. The van der Waals surface area contributed by atoms with Crippen molar-refractivity contribution in [2.75, 3.05) is 4.90 Å². The Morgan fingerprint density at radius 2 is 2.06 bits per heavy atom. The monoisotopic (exact) mass is 249 g/mol. The Hall–Kier alpha value is -1.75. The number of fused-ring (bicyclic) bond motifs is 1. The topological polar surface area (TPSA) is 57.6 Å². The zero-order valence-corrected chi connectivity index (χ0v) is 9.60. The second-order valence-electron chi connectivity index (χ2n) is 4.71. The van der Waals surface area contributed by atoms with E-state index in [1.165, 1.54) is 18.2 Å². The average molecular weight is 249 g/mol. The maximum Gasteiger partial charge on any atom is 0.299 e. The van der Waals surface area contributed by atoms with Crippen molar-refractivity contribution in [3.8, 4) is 0 Å². The third-order valence-electron chi connectivity index (χ3n) is 3.66. The quantitative estimate of drug-likeness (QED) is 0.762. The number of carbonyl (C=O) groups is 2. The smallest absolute Gasteiger partial charge is 0.299 e. The third kappa shape index (κ3) is 1.40. The Morgan fingerprint density at radius 3 is 2.72 bits per heavy atom. The minimum absolute atomic E-state index is 0.0263. The van der Waals surface area contributed by atoms with Gasteiger partial charge in [0.15, 0.2) is 0 Å². The van der Waals surface area contributed by atoms with Crippen molar-refractivity contribution in [1.29, 1.82) is 0 Å².